The standard InChI is InChI=1S/C21H23F3O4/c1-15-9-11-17(12-10-15)28-19(20(25)26)8-3-2-4-13-27-18-7-5-6-16(14-18)21(22,23)24/h5-7,9-12,14,19H,2-4,8,13H2,1H3,(H,25,26). The Morgan fingerprint density at radius 3 is 2.39 bits per heavy atom. The molecule has 2 aromatic rings. The van der Waals surface area contributed by atoms with Crippen molar-refractivity contribution in [1.82, 2.24) is 0 Å². The Kier molecular flexibility index (Phi) is 7.72. The van der Waals surface area contributed by atoms with Gasteiger partial charge in [0, 0.05) is 0 Å². The van der Waals surface area contributed by atoms with Crippen LogP contribution in [0.25, 0.3) is 0 Å². The number of unbranched alkanes of at least 4 members (excludes halogenated alkanes) is 2. The summed E-state index contributed by atoms with van der Waals surface area (Å²) in [7, 11) is 0. The second kappa shape index (κ2) is 10.0. The number of halogens is 3. The molecule has 2 aromatic carbocycles. The van der Waals surface area contributed by atoms with Crippen LogP contribution in [0.2, 0.25) is 0 Å². The molecule has 152 valence electrons. The van der Waals surface area contributed by atoms with Gasteiger partial charge < -0.3 is 14.6 Å². The fourth-order valence-corrected chi connectivity index (χ4v) is 2.57. The van der Waals surface area contributed by atoms with Crippen molar-refractivity contribution in [3.8, 4) is 11.5 Å². The number of hydrogen-bond acceptors (Lipinski definition) is 3. The molecule has 0 aliphatic heterocycles. The summed E-state index contributed by atoms with van der Waals surface area (Å²) in [5, 5.41) is 9.29. The number of hydrogen-bond donors (Lipinski definition) is 1. The van der Waals surface area contributed by atoms with Gasteiger partial charge in [-0.1, -0.05) is 23.8 Å². The van der Waals surface area contributed by atoms with E-state index >= 15 is 0 Å². The fourth-order valence-electron chi connectivity index (χ4n) is 2.57. The number of aryl methyl sites for hydroxylation is 1. The van der Waals surface area contributed by atoms with E-state index in [1.54, 1.807) is 12.1 Å². The van der Waals surface area contributed by atoms with Gasteiger partial charge >= 0.3 is 12.1 Å². The third-order valence-corrected chi connectivity index (χ3v) is 4.12. The maximum atomic E-state index is 12.7. The normalized spacial score (nSPS) is 12.4. The van der Waals surface area contributed by atoms with Crippen LogP contribution in [0.15, 0.2) is 48.5 Å². The van der Waals surface area contributed by atoms with Crippen molar-refractivity contribution in [2.24, 2.45) is 0 Å². The largest absolute Gasteiger partial charge is 0.494 e. The van der Waals surface area contributed by atoms with E-state index in [0.29, 0.717) is 31.4 Å². The monoisotopic (exact) mass is 396 g/mol. The zero-order chi connectivity index (χ0) is 20.6. The van der Waals surface area contributed by atoms with Gasteiger partial charge in [-0.05, 0) is 62.9 Å². The lowest BCUT2D eigenvalue weighted by atomic mass is 10.1. The predicted octanol–water partition coefficient (Wildman–Crippen LogP) is 5.49. The lowest BCUT2D eigenvalue weighted by Crippen LogP contribution is -2.26. The molecular formula is C21H23F3O4. The molecule has 28 heavy (non-hydrogen) atoms. The van der Waals surface area contributed by atoms with Crippen LogP contribution in [-0.4, -0.2) is 23.8 Å². The van der Waals surface area contributed by atoms with Gasteiger partial charge in [-0.3, -0.25) is 0 Å². The molecule has 0 amide bonds. The molecule has 0 fully saturated rings. The minimum atomic E-state index is -4.40. The Labute approximate surface area is 161 Å². The highest BCUT2D eigenvalue weighted by Crippen LogP contribution is 2.31. The first-order chi connectivity index (χ1) is 13.3. The second-order valence-corrected chi connectivity index (χ2v) is 6.48. The molecule has 0 radical (unpaired) electrons. The van der Waals surface area contributed by atoms with Crippen LogP contribution >= 0.6 is 0 Å². The van der Waals surface area contributed by atoms with E-state index in [-0.39, 0.29) is 12.4 Å². The smallest absolute Gasteiger partial charge is 0.416 e. The molecule has 0 saturated heterocycles. The Balaban J connectivity index is 1.71. The van der Waals surface area contributed by atoms with Crippen molar-refractivity contribution in [1.29, 1.82) is 0 Å². The number of ether oxygens (including phenoxy) is 2. The molecule has 7 heteroatoms. The van der Waals surface area contributed by atoms with Gasteiger partial charge in [0.25, 0.3) is 0 Å². The molecule has 0 saturated carbocycles. The number of rotatable bonds is 10. The van der Waals surface area contributed by atoms with Crippen LogP contribution in [-0.2, 0) is 11.0 Å². The SMILES string of the molecule is Cc1ccc(OC(CCCCCOc2cccc(C(F)(F)F)c2)C(=O)O)cc1. The fraction of sp³-hybridized carbons (Fsp3) is 0.381. The lowest BCUT2D eigenvalue weighted by Gasteiger charge is -2.15. The van der Waals surface area contributed by atoms with E-state index in [1.165, 1.54) is 12.1 Å². The molecule has 0 bridgehead atoms. The van der Waals surface area contributed by atoms with Crippen molar-refractivity contribution in [2.45, 2.75) is 44.9 Å². The summed E-state index contributed by atoms with van der Waals surface area (Å²) in [6.07, 6.45) is -3.11. The Morgan fingerprint density at radius 2 is 1.75 bits per heavy atom. The summed E-state index contributed by atoms with van der Waals surface area (Å²) in [5.41, 5.74) is 0.308. The van der Waals surface area contributed by atoms with Crippen LogP contribution < -0.4 is 9.47 Å². The van der Waals surface area contributed by atoms with E-state index in [0.717, 1.165) is 17.7 Å². The van der Waals surface area contributed by atoms with Gasteiger partial charge in [0.05, 0.1) is 12.2 Å². The molecule has 1 N–H and O–H groups in total. The molecular weight excluding hydrogens is 373 g/mol. The molecule has 0 aromatic heterocycles. The number of carboxylic acid groups (broad SMARTS) is 1. The van der Waals surface area contributed by atoms with Crippen LogP contribution in [0, 0.1) is 6.92 Å². The van der Waals surface area contributed by atoms with Crippen molar-refractivity contribution in [3.63, 3.8) is 0 Å². The molecule has 4 nitrogen and oxygen atoms in total. The third kappa shape index (κ3) is 7.13. The van der Waals surface area contributed by atoms with E-state index in [9.17, 15) is 23.1 Å². The van der Waals surface area contributed by atoms with Crippen LogP contribution in [0.4, 0.5) is 13.2 Å². The number of benzene rings is 2. The lowest BCUT2D eigenvalue weighted by molar-refractivity contribution is -0.145. The minimum Gasteiger partial charge on any atom is -0.494 e. The topological polar surface area (TPSA) is 55.8 Å². The van der Waals surface area contributed by atoms with Gasteiger partial charge in [-0.15, -0.1) is 0 Å². The average molecular weight is 396 g/mol. The highest BCUT2D eigenvalue weighted by molar-refractivity contribution is 5.72. The zero-order valence-electron chi connectivity index (χ0n) is 15.5. The molecule has 0 spiro atoms. The Bertz CT molecular complexity index is 757. The molecule has 0 aliphatic carbocycles. The van der Waals surface area contributed by atoms with Gasteiger partial charge in [-0.2, -0.15) is 13.2 Å². The number of carboxylic acids is 1. The van der Waals surface area contributed by atoms with Crippen molar-refractivity contribution >= 4 is 5.97 Å². The first-order valence-electron chi connectivity index (χ1n) is 9.02. The average Bonchev–Trinajstić information content (AvgIpc) is 2.64. The summed E-state index contributed by atoms with van der Waals surface area (Å²) in [6.45, 7) is 2.19. The maximum Gasteiger partial charge on any atom is 0.416 e. The van der Waals surface area contributed by atoms with Crippen LogP contribution in [0.3, 0.4) is 0 Å². The first kappa shape index (κ1) is 21.6. The van der Waals surface area contributed by atoms with Gasteiger partial charge in [0.2, 0.25) is 0 Å². The van der Waals surface area contributed by atoms with Crippen LogP contribution in [0.5, 0.6) is 11.5 Å². The Morgan fingerprint density at radius 1 is 1.04 bits per heavy atom. The highest BCUT2D eigenvalue weighted by Gasteiger charge is 2.30. The van der Waals surface area contributed by atoms with Crippen molar-refractivity contribution < 1.29 is 32.5 Å². The van der Waals surface area contributed by atoms with Crippen molar-refractivity contribution in [3.05, 3.63) is 59.7 Å². The number of aliphatic carboxylic acids is 1. The van der Waals surface area contributed by atoms with E-state index in [2.05, 4.69) is 0 Å². The van der Waals surface area contributed by atoms with Gasteiger partial charge in [0.1, 0.15) is 11.5 Å². The molecule has 2 rings (SSSR count). The first-order valence-corrected chi connectivity index (χ1v) is 9.02. The number of alkyl halides is 3. The van der Waals surface area contributed by atoms with E-state index in [1.807, 2.05) is 19.1 Å². The summed E-state index contributed by atoms with van der Waals surface area (Å²) >= 11 is 0. The summed E-state index contributed by atoms with van der Waals surface area (Å²) < 4.78 is 48.8. The zero-order valence-corrected chi connectivity index (χ0v) is 15.5. The molecule has 0 heterocycles. The quantitative estimate of drug-likeness (QED) is 0.540. The van der Waals surface area contributed by atoms with Crippen LogP contribution in [0.1, 0.15) is 36.8 Å². The highest BCUT2D eigenvalue weighted by atomic mass is 19.4. The second-order valence-electron chi connectivity index (χ2n) is 6.48. The minimum absolute atomic E-state index is 0.168. The summed E-state index contributed by atoms with van der Waals surface area (Å²) in [4.78, 5) is 11.3. The molecule has 1 atom stereocenters. The Hall–Kier alpha value is -2.70. The van der Waals surface area contributed by atoms with E-state index < -0.39 is 23.8 Å². The summed E-state index contributed by atoms with van der Waals surface area (Å²) in [6, 6.07) is 11.9. The third-order valence-electron chi connectivity index (χ3n) is 4.12. The maximum absolute atomic E-state index is 12.7. The molecule has 0 aliphatic rings. The van der Waals surface area contributed by atoms with Crippen molar-refractivity contribution in [2.75, 3.05) is 6.61 Å². The predicted molar refractivity (Wildman–Crippen MR) is 98.6 cm³/mol. The van der Waals surface area contributed by atoms with E-state index in [4.69, 9.17) is 9.47 Å². The summed E-state index contributed by atoms with van der Waals surface area (Å²) in [5.74, 6) is -0.354. The molecule has 1 unspecified atom stereocenters. The van der Waals surface area contributed by atoms with Gasteiger partial charge in [-0.25, -0.2) is 4.79 Å². The van der Waals surface area contributed by atoms with Gasteiger partial charge in [0.15, 0.2) is 6.10 Å². The number of carbonyl (C=O) groups is 1.